The maximum absolute atomic E-state index is 13.1. The Balaban J connectivity index is 0.00000204. The second-order valence-corrected chi connectivity index (χ2v) is 9.13. The summed E-state index contributed by atoms with van der Waals surface area (Å²) >= 11 is 1.75. The number of aryl methyl sites for hydroxylation is 2. The Kier molecular flexibility index (Phi) is 11.1. The van der Waals surface area contributed by atoms with Crippen LogP contribution in [-0.4, -0.2) is 34.3 Å². The third kappa shape index (κ3) is 7.09. The first-order chi connectivity index (χ1) is 15.6. The van der Waals surface area contributed by atoms with Crippen molar-refractivity contribution in [2.45, 2.75) is 37.1 Å². The number of aromatic nitrogens is 2. The predicted molar refractivity (Wildman–Crippen MR) is 144 cm³/mol. The van der Waals surface area contributed by atoms with E-state index in [9.17, 15) is 9.59 Å². The molecule has 1 fully saturated rings. The minimum atomic E-state index is -0.355. The van der Waals surface area contributed by atoms with E-state index in [0.717, 1.165) is 48.7 Å². The summed E-state index contributed by atoms with van der Waals surface area (Å²) in [6, 6.07) is 15.7. The number of anilines is 1. The lowest BCUT2D eigenvalue weighted by atomic mass is 10.0. The molecule has 1 aliphatic rings. The average molecular weight is 522 g/mol. The van der Waals surface area contributed by atoms with Gasteiger partial charge in [0, 0.05) is 40.5 Å². The van der Waals surface area contributed by atoms with E-state index in [4.69, 9.17) is 0 Å². The first kappa shape index (κ1) is 27.9. The molecule has 0 radical (unpaired) electrons. The van der Waals surface area contributed by atoms with Gasteiger partial charge < -0.3 is 15.2 Å². The molecule has 2 N–H and O–H groups in total. The van der Waals surface area contributed by atoms with Crippen LogP contribution < -0.4 is 16.2 Å². The number of hydrogen-bond acceptors (Lipinski definition) is 5. The van der Waals surface area contributed by atoms with Crippen LogP contribution in [0.3, 0.4) is 0 Å². The zero-order chi connectivity index (χ0) is 22.3. The van der Waals surface area contributed by atoms with Crippen LogP contribution in [-0.2, 0) is 6.42 Å². The second kappa shape index (κ2) is 13.5. The molecular formula is C25H30Cl2N4O2S. The van der Waals surface area contributed by atoms with E-state index in [1.165, 1.54) is 0 Å². The number of rotatable bonds is 7. The lowest BCUT2D eigenvalue weighted by molar-refractivity contribution is 0.102. The van der Waals surface area contributed by atoms with Gasteiger partial charge in [-0.2, -0.15) is 0 Å². The van der Waals surface area contributed by atoms with Crippen molar-refractivity contribution in [3.8, 4) is 0 Å². The number of carbonyl (C=O) groups is 1. The molecule has 0 atom stereocenters. The molecule has 3 aromatic rings. The van der Waals surface area contributed by atoms with Crippen LogP contribution in [0.4, 0.5) is 5.69 Å². The van der Waals surface area contributed by atoms with Gasteiger partial charge in [0.15, 0.2) is 0 Å². The Morgan fingerprint density at radius 2 is 1.85 bits per heavy atom. The summed E-state index contributed by atoms with van der Waals surface area (Å²) in [7, 11) is 0. The fraction of sp³-hybridized carbons (Fsp3) is 0.320. The minimum absolute atomic E-state index is 0. The number of halogens is 2. The van der Waals surface area contributed by atoms with Crippen LogP contribution in [0.15, 0.2) is 70.6 Å². The molecule has 2 aromatic heterocycles. The van der Waals surface area contributed by atoms with E-state index < -0.39 is 0 Å². The number of carbonyl (C=O) groups excluding carboxylic acids is 1. The summed E-state index contributed by atoms with van der Waals surface area (Å²) in [5, 5.41) is 6.21. The van der Waals surface area contributed by atoms with Crippen molar-refractivity contribution in [3.63, 3.8) is 0 Å². The Bertz CT molecular complexity index is 1120. The normalized spacial score (nSPS) is 13.4. The van der Waals surface area contributed by atoms with Crippen molar-refractivity contribution in [1.29, 1.82) is 0 Å². The SMILES string of the molecule is Cc1ccn(C2CCNCC2)c(=O)c1C(=O)Nc1ccc(SCCc2ccccn2)cc1.Cl.Cl. The molecule has 9 heteroatoms. The lowest BCUT2D eigenvalue weighted by Gasteiger charge is -2.25. The molecular weight excluding hydrogens is 491 g/mol. The standard InChI is InChI=1S/C25H28N4O2S.2ClH/c1-18-11-16-29(21-9-14-26-15-10-21)25(31)23(18)24(30)28-20-5-7-22(8-6-20)32-17-12-19-4-2-3-13-27-19;;/h2-8,11,13,16,21,26H,9-10,12,14-15,17H2,1H3,(H,28,30);2*1H. The van der Waals surface area contributed by atoms with Crippen molar-refractivity contribution in [1.82, 2.24) is 14.9 Å². The molecule has 1 amide bonds. The predicted octanol–water partition coefficient (Wildman–Crippen LogP) is 4.91. The van der Waals surface area contributed by atoms with Crippen LogP contribution >= 0.6 is 36.6 Å². The fourth-order valence-electron chi connectivity index (χ4n) is 3.94. The summed E-state index contributed by atoms with van der Waals surface area (Å²) in [6.07, 6.45) is 6.32. The summed E-state index contributed by atoms with van der Waals surface area (Å²) in [4.78, 5) is 31.5. The summed E-state index contributed by atoms with van der Waals surface area (Å²) in [5.41, 5.74) is 2.47. The minimum Gasteiger partial charge on any atom is -0.322 e. The Labute approximate surface area is 216 Å². The maximum atomic E-state index is 13.1. The summed E-state index contributed by atoms with van der Waals surface area (Å²) in [6.45, 7) is 3.59. The molecule has 0 saturated carbocycles. The van der Waals surface area contributed by atoms with Crippen molar-refractivity contribution in [2.24, 2.45) is 0 Å². The monoisotopic (exact) mass is 520 g/mol. The first-order valence-electron chi connectivity index (χ1n) is 11.0. The average Bonchev–Trinajstić information content (AvgIpc) is 2.82. The smallest absolute Gasteiger partial charge is 0.263 e. The number of piperidine rings is 1. The topological polar surface area (TPSA) is 76.0 Å². The van der Waals surface area contributed by atoms with E-state index in [1.807, 2.05) is 67.8 Å². The number of nitrogens with one attached hydrogen (secondary N) is 2. The molecule has 0 unspecified atom stereocenters. The maximum Gasteiger partial charge on any atom is 0.263 e. The van der Waals surface area contributed by atoms with Crippen LogP contribution in [0.2, 0.25) is 0 Å². The molecule has 1 saturated heterocycles. The van der Waals surface area contributed by atoms with Gasteiger partial charge in [0.05, 0.1) is 0 Å². The molecule has 0 spiro atoms. The van der Waals surface area contributed by atoms with Crippen LogP contribution in [0.1, 0.15) is 40.5 Å². The number of thioether (sulfide) groups is 1. The Hall–Kier alpha value is -2.32. The molecule has 3 heterocycles. The van der Waals surface area contributed by atoms with Gasteiger partial charge >= 0.3 is 0 Å². The molecule has 1 aliphatic heterocycles. The molecule has 34 heavy (non-hydrogen) atoms. The third-order valence-electron chi connectivity index (χ3n) is 5.72. The van der Waals surface area contributed by atoms with Crippen molar-refractivity contribution < 1.29 is 4.79 Å². The molecule has 0 aliphatic carbocycles. The Morgan fingerprint density at radius 1 is 1.12 bits per heavy atom. The number of amides is 1. The zero-order valence-electron chi connectivity index (χ0n) is 19.0. The zero-order valence-corrected chi connectivity index (χ0v) is 21.5. The van der Waals surface area contributed by atoms with Gasteiger partial charge in [0.1, 0.15) is 5.56 Å². The van der Waals surface area contributed by atoms with E-state index in [-0.39, 0.29) is 47.9 Å². The molecule has 182 valence electrons. The molecule has 0 bridgehead atoms. The van der Waals surface area contributed by atoms with E-state index in [1.54, 1.807) is 16.3 Å². The summed E-state index contributed by atoms with van der Waals surface area (Å²) < 4.78 is 1.73. The highest BCUT2D eigenvalue weighted by Crippen LogP contribution is 2.22. The highest BCUT2D eigenvalue weighted by atomic mass is 35.5. The van der Waals surface area contributed by atoms with Gasteiger partial charge in [-0.25, -0.2) is 0 Å². The van der Waals surface area contributed by atoms with E-state index >= 15 is 0 Å². The van der Waals surface area contributed by atoms with Gasteiger partial charge in [0.2, 0.25) is 0 Å². The number of hydrogen-bond donors (Lipinski definition) is 2. The highest BCUT2D eigenvalue weighted by molar-refractivity contribution is 7.99. The van der Waals surface area contributed by atoms with Gasteiger partial charge in [-0.15, -0.1) is 36.6 Å². The fourth-order valence-corrected chi connectivity index (χ4v) is 4.81. The van der Waals surface area contributed by atoms with Crippen molar-refractivity contribution >= 4 is 48.2 Å². The quantitative estimate of drug-likeness (QED) is 0.433. The van der Waals surface area contributed by atoms with Crippen molar-refractivity contribution in [3.05, 3.63) is 88.1 Å². The molecule has 1 aromatic carbocycles. The number of nitrogens with zero attached hydrogens (tertiary/aromatic N) is 2. The van der Waals surface area contributed by atoms with Crippen LogP contribution in [0.25, 0.3) is 0 Å². The second-order valence-electron chi connectivity index (χ2n) is 7.97. The van der Waals surface area contributed by atoms with E-state index in [0.29, 0.717) is 11.3 Å². The highest BCUT2D eigenvalue weighted by Gasteiger charge is 2.21. The van der Waals surface area contributed by atoms with Gasteiger partial charge in [-0.05, 0) is 87.3 Å². The van der Waals surface area contributed by atoms with E-state index in [2.05, 4.69) is 15.6 Å². The first-order valence-corrected chi connectivity index (χ1v) is 12.0. The lowest BCUT2D eigenvalue weighted by Crippen LogP contribution is -2.37. The molecule has 4 rings (SSSR count). The van der Waals surface area contributed by atoms with Crippen LogP contribution in [0.5, 0.6) is 0 Å². The number of pyridine rings is 2. The largest absolute Gasteiger partial charge is 0.322 e. The Morgan fingerprint density at radius 3 is 2.53 bits per heavy atom. The summed E-state index contributed by atoms with van der Waals surface area (Å²) in [5.74, 6) is 0.577. The van der Waals surface area contributed by atoms with Crippen molar-refractivity contribution in [2.75, 3.05) is 24.2 Å². The van der Waals surface area contributed by atoms with Crippen LogP contribution in [0, 0.1) is 6.92 Å². The van der Waals surface area contributed by atoms with Gasteiger partial charge in [0.25, 0.3) is 11.5 Å². The third-order valence-corrected chi connectivity index (χ3v) is 6.74. The molecule has 6 nitrogen and oxygen atoms in total. The number of benzene rings is 1. The van der Waals surface area contributed by atoms with Gasteiger partial charge in [-0.3, -0.25) is 14.6 Å². The van der Waals surface area contributed by atoms with Gasteiger partial charge in [-0.1, -0.05) is 6.07 Å².